The van der Waals surface area contributed by atoms with Crippen molar-refractivity contribution in [2.75, 3.05) is 11.9 Å². The zero-order valence-corrected chi connectivity index (χ0v) is 14.4. The van der Waals surface area contributed by atoms with E-state index >= 15 is 0 Å². The van der Waals surface area contributed by atoms with Gasteiger partial charge in [-0.15, -0.1) is 0 Å². The number of carbonyl (C=O) groups excluding carboxylic acids is 3. The molecule has 0 unspecified atom stereocenters. The van der Waals surface area contributed by atoms with Gasteiger partial charge in [-0.3, -0.25) is 29.0 Å². The third kappa shape index (κ3) is 2.60. The van der Waals surface area contributed by atoms with Gasteiger partial charge < -0.3 is 0 Å². The van der Waals surface area contributed by atoms with Gasteiger partial charge in [0.15, 0.2) is 0 Å². The number of imidazole rings is 1. The van der Waals surface area contributed by atoms with Crippen LogP contribution in [0.5, 0.6) is 0 Å². The minimum Gasteiger partial charge on any atom is -0.294 e. The normalized spacial score (nSPS) is 13.4. The molecule has 4 rings (SSSR count). The van der Waals surface area contributed by atoms with E-state index in [0.29, 0.717) is 21.5 Å². The van der Waals surface area contributed by atoms with Gasteiger partial charge in [-0.05, 0) is 30.3 Å². The fourth-order valence-corrected chi connectivity index (χ4v) is 3.11. The van der Waals surface area contributed by atoms with Gasteiger partial charge in [-0.2, -0.15) is 0 Å². The number of amides is 3. The molecule has 0 radical (unpaired) electrons. The van der Waals surface area contributed by atoms with Crippen molar-refractivity contribution < 1.29 is 14.4 Å². The molecule has 2 aromatic heterocycles. The van der Waals surface area contributed by atoms with Crippen LogP contribution in [0.4, 0.5) is 5.95 Å². The van der Waals surface area contributed by atoms with Crippen molar-refractivity contribution in [2.24, 2.45) is 0 Å². The molecule has 124 valence electrons. The fourth-order valence-electron chi connectivity index (χ4n) is 2.75. The molecule has 1 aliphatic rings. The molecule has 8 heteroatoms. The first kappa shape index (κ1) is 15.5. The second kappa shape index (κ2) is 5.82. The average Bonchev–Trinajstić information content (AvgIpc) is 3.10. The van der Waals surface area contributed by atoms with E-state index in [4.69, 9.17) is 0 Å². The van der Waals surface area contributed by atoms with E-state index in [1.807, 2.05) is 18.2 Å². The Morgan fingerprint density at radius 2 is 1.92 bits per heavy atom. The Kier molecular flexibility index (Phi) is 3.61. The minimum absolute atomic E-state index is 0.290. The van der Waals surface area contributed by atoms with Crippen molar-refractivity contribution in [2.45, 2.75) is 0 Å². The monoisotopic (exact) mass is 398 g/mol. The average molecular weight is 399 g/mol. The maximum atomic E-state index is 12.4. The third-order valence-electron chi connectivity index (χ3n) is 3.92. The summed E-state index contributed by atoms with van der Waals surface area (Å²) in [6.07, 6.45) is 3.38. The summed E-state index contributed by atoms with van der Waals surface area (Å²) >= 11 is 3.27. The van der Waals surface area contributed by atoms with Gasteiger partial charge in [0.2, 0.25) is 11.9 Å². The molecular formula is C17H11BrN4O3. The highest BCUT2D eigenvalue weighted by atomic mass is 79.9. The number of imide groups is 1. The number of anilines is 1. The van der Waals surface area contributed by atoms with Crippen molar-refractivity contribution in [1.29, 1.82) is 0 Å². The van der Waals surface area contributed by atoms with Crippen LogP contribution in [0, 0.1) is 0 Å². The first-order valence-corrected chi connectivity index (χ1v) is 8.21. The molecule has 3 amide bonds. The highest BCUT2D eigenvalue weighted by molar-refractivity contribution is 9.10. The summed E-state index contributed by atoms with van der Waals surface area (Å²) < 4.78 is 2.40. The number of pyridine rings is 1. The van der Waals surface area contributed by atoms with E-state index in [1.54, 1.807) is 35.0 Å². The molecule has 25 heavy (non-hydrogen) atoms. The maximum absolute atomic E-state index is 12.4. The molecule has 1 N–H and O–H groups in total. The summed E-state index contributed by atoms with van der Waals surface area (Å²) in [6, 6.07) is 10.4. The lowest BCUT2D eigenvalue weighted by molar-refractivity contribution is -0.116. The van der Waals surface area contributed by atoms with E-state index < -0.39 is 17.7 Å². The van der Waals surface area contributed by atoms with Crippen LogP contribution in [0.15, 0.2) is 53.3 Å². The molecule has 0 saturated carbocycles. The van der Waals surface area contributed by atoms with E-state index in [2.05, 4.69) is 26.2 Å². The van der Waals surface area contributed by atoms with Gasteiger partial charge in [0, 0.05) is 10.7 Å². The van der Waals surface area contributed by atoms with Gasteiger partial charge in [-0.25, -0.2) is 4.98 Å². The molecule has 0 atom stereocenters. The number of hydrogen-bond acceptors (Lipinski definition) is 4. The Morgan fingerprint density at radius 3 is 2.76 bits per heavy atom. The predicted molar refractivity (Wildman–Crippen MR) is 93.3 cm³/mol. The van der Waals surface area contributed by atoms with E-state index in [-0.39, 0.29) is 6.54 Å². The number of carbonyl (C=O) groups is 3. The topological polar surface area (TPSA) is 83.8 Å². The van der Waals surface area contributed by atoms with Crippen LogP contribution in [0.2, 0.25) is 0 Å². The van der Waals surface area contributed by atoms with E-state index in [9.17, 15) is 14.4 Å². The summed E-state index contributed by atoms with van der Waals surface area (Å²) in [6.45, 7) is -0.369. The SMILES string of the molecule is O=C(CN1C(=O)c2ccc(Br)cc2C1=O)Nc1ncc2ccccn12. The number of fused-ring (bicyclic) bond motifs is 2. The standard InChI is InChI=1S/C17H11BrN4O3/c18-10-4-5-12-13(7-10)16(25)22(15(12)24)9-14(23)20-17-19-8-11-3-1-2-6-21(11)17/h1-8H,9H2,(H,19,20,23). The summed E-state index contributed by atoms with van der Waals surface area (Å²) in [4.78, 5) is 42.1. The van der Waals surface area contributed by atoms with Crippen LogP contribution in [0.3, 0.4) is 0 Å². The van der Waals surface area contributed by atoms with Crippen molar-refractivity contribution in [3.63, 3.8) is 0 Å². The summed E-state index contributed by atoms with van der Waals surface area (Å²) in [5.41, 5.74) is 1.41. The summed E-state index contributed by atoms with van der Waals surface area (Å²) in [7, 11) is 0. The number of benzene rings is 1. The van der Waals surface area contributed by atoms with Gasteiger partial charge >= 0.3 is 0 Å². The second-order valence-corrected chi connectivity index (χ2v) is 6.43. The van der Waals surface area contributed by atoms with Crippen LogP contribution < -0.4 is 5.32 Å². The number of rotatable bonds is 3. The molecule has 0 fully saturated rings. The lowest BCUT2D eigenvalue weighted by Gasteiger charge is -2.13. The zero-order chi connectivity index (χ0) is 17.6. The third-order valence-corrected chi connectivity index (χ3v) is 4.42. The quantitative estimate of drug-likeness (QED) is 0.686. The largest absolute Gasteiger partial charge is 0.294 e. The maximum Gasteiger partial charge on any atom is 0.262 e. The Labute approximate surface area is 150 Å². The molecule has 0 saturated heterocycles. The van der Waals surface area contributed by atoms with Gasteiger partial charge in [0.05, 0.1) is 22.8 Å². The lowest BCUT2D eigenvalue weighted by atomic mass is 10.1. The van der Waals surface area contributed by atoms with Crippen molar-refractivity contribution in [1.82, 2.24) is 14.3 Å². The highest BCUT2D eigenvalue weighted by Gasteiger charge is 2.36. The number of nitrogens with one attached hydrogen (secondary N) is 1. The summed E-state index contributed by atoms with van der Waals surface area (Å²) in [5.74, 6) is -1.12. The van der Waals surface area contributed by atoms with E-state index in [0.717, 1.165) is 10.4 Å². The van der Waals surface area contributed by atoms with Gasteiger partial charge in [0.1, 0.15) is 6.54 Å². The molecule has 1 aliphatic heterocycles. The molecule has 0 spiro atoms. The van der Waals surface area contributed by atoms with Crippen molar-refractivity contribution in [3.8, 4) is 0 Å². The van der Waals surface area contributed by atoms with Crippen LogP contribution in [-0.2, 0) is 4.79 Å². The molecular weight excluding hydrogens is 388 g/mol. The van der Waals surface area contributed by atoms with Crippen molar-refractivity contribution >= 4 is 45.1 Å². The fraction of sp³-hybridized carbons (Fsp3) is 0.0588. The number of halogens is 1. The number of aromatic nitrogens is 2. The van der Waals surface area contributed by atoms with Gasteiger partial charge in [0.25, 0.3) is 11.8 Å². The van der Waals surface area contributed by atoms with Crippen LogP contribution in [0.1, 0.15) is 20.7 Å². The predicted octanol–water partition coefficient (Wildman–Crippen LogP) is 2.33. The Morgan fingerprint density at radius 1 is 1.12 bits per heavy atom. The molecule has 3 aromatic rings. The Bertz CT molecular complexity index is 1040. The van der Waals surface area contributed by atoms with E-state index in [1.165, 1.54) is 0 Å². The van der Waals surface area contributed by atoms with Crippen molar-refractivity contribution in [3.05, 3.63) is 64.4 Å². The Balaban J connectivity index is 1.54. The smallest absolute Gasteiger partial charge is 0.262 e. The highest BCUT2D eigenvalue weighted by Crippen LogP contribution is 2.25. The molecule has 7 nitrogen and oxygen atoms in total. The minimum atomic E-state index is -0.495. The number of nitrogens with zero attached hydrogens (tertiary/aromatic N) is 3. The molecule has 3 heterocycles. The van der Waals surface area contributed by atoms with Crippen LogP contribution in [0.25, 0.3) is 5.52 Å². The first-order chi connectivity index (χ1) is 12.0. The first-order valence-electron chi connectivity index (χ1n) is 7.42. The molecule has 0 bridgehead atoms. The van der Waals surface area contributed by atoms with Crippen LogP contribution in [-0.4, -0.2) is 38.6 Å². The lowest BCUT2D eigenvalue weighted by Crippen LogP contribution is -2.37. The molecule has 0 aliphatic carbocycles. The molecule has 1 aromatic carbocycles. The zero-order valence-electron chi connectivity index (χ0n) is 12.8. The number of hydrogen-bond donors (Lipinski definition) is 1. The Hall–Kier alpha value is -3.00. The van der Waals surface area contributed by atoms with Crippen LogP contribution >= 0.6 is 15.9 Å². The van der Waals surface area contributed by atoms with Gasteiger partial charge in [-0.1, -0.05) is 22.0 Å². The second-order valence-electron chi connectivity index (χ2n) is 5.51. The summed E-state index contributed by atoms with van der Waals surface area (Å²) in [5, 5.41) is 2.63.